The summed E-state index contributed by atoms with van der Waals surface area (Å²) < 4.78 is 0. The third kappa shape index (κ3) is 5.92. The van der Waals surface area contributed by atoms with Gasteiger partial charge in [-0.25, -0.2) is 4.98 Å². The number of carbonyl (C=O) groups excluding carboxylic acids is 1. The quantitative estimate of drug-likeness (QED) is 0.759. The first kappa shape index (κ1) is 17.8. The molecule has 0 radical (unpaired) electrons. The van der Waals surface area contributed by atoms with Crippen LogP contribution in [-0.2, 0) is 0 Å². The molecule has 1 aromatic heterocycles. The number of pyridine rings is 1. The van der Waals surface area contributed by atoms with Crippen molar-refractivity contribution in [3.8, 4) is 0 Å². The topological polar surface area (TPSA) is 54.0 Å². The van der Waals surface area contributed by atoms with Crippen LogP contribution in [0.2, 0.25) is 5.02 Å². The van der Waals surface area contributed by atoms with Gasteiger partial charge in [-0.1, -0.05) is 38.8 Å². The summed E-state index contributed by atoms with van der Waals surface area (Å²) in [6, 6.07) is 1.81. The highest BCUT2D eigenvalue weighted by molar-refractivity contribution is 6.33. The number of nitrogens with one attached hydrogen (secondary N) is 2. The van der Waals surface area contributed by atoms with Crippen LogP contribution in [0.3, 0.4) is 0 Å². The van der Waals surface area contributed by atoms with Crippen LogP contribution >= 0.6 is 11.6 Å². The van der Waals surface area contributed by atoms with E-state index >= 15 is 0 Å². The minimum atomic E-state index is -0.123. The summed E-state index contributed by atoms with van der Waals surface area (Å²) in [6.07, 6.45) is 4.65. The Balaban J connectivity index is 2.64. The fourth-order valence-corrected chi connectivity index (χ4v) is 2.30. The highest BCUT2D eigenvalue weighted by Gasteiger charge is 2.14. The molecule has 4 nitrogen and oxygen atoms in total. The molecule has 2 N–H and O–H groups in total. The van der Waals surface area contributed by atoms with Gasteiger partial charge in [-0.3, -0.25) is 4.79 Å². The minimum Gasteiger partial charge on any atom is -0.369 e. The van der Waals surface area contributed by atoms with Crippen LogP contribution in [0.4, 0.5) is 5.82 Å². The van der Waals surface area contributed by atoms with Gasteiger partial charge < -0.3 is 10.6 Å². The van der Waals surface area contributed by atoms with Gasteiger partial charge in [-0.05, 0) is 31.7 Å². The molecule has 1 amide bonds. The molecule has 1 aromatic rings. The Morgan fingerprint density at radius 3 is 2.67 bits per heavy atom. The zero-order valence-electron chi connectivity index (χ0n) is 13.4. The highest BCUT2D eigenvalue weighted by atomic mass is 35.5. The predicted molar refractivity (Wildman–Crippen MR) is 89.0 cm³/mol. The lowest BCUT2D eigenvalue weighted by Gasteiger charge is -2.17. The van der Waals surface area contributed by atoms with Gasteiger partial charge in [0.05, 0.1) is 10.6 Å². The van der Waals surface area contributed by atoms with Gasteiger partial charge in [-0.2, -0.15) is 0 Å². The molecule has 1 rings (SSSR count). The standard InChI is InChI=1S/C16H26ClN3O/c1-5-7-18-15-14(17)9-13(10-19-15)16(21)20-12(4)8-11(3)6-2/h9-12H,5-8H2,1-4H3,(H,18,19)(H,20,21). The Bertz CT molecular complexity index is 465. The largest absolute Gasteiger partial charge is 0.369 e. The molecule has 0 aliphatic rings. The third-order valence-electron chi connectivity index (χ3n) is 3.48. The predicted octanol–water partition coefficient (Wildman–Crippen LogP) is 4.11. The van der Waals surface area contributed by atoms with E-state index in [9.17, 15) is 4.79 Å². The summed E-state index contributed by atoms with van der Waals surface area (Å²) in [7, 11) is 0. The van der Waals surface area contributed by atoms with Crippen molar-refractivity contribution >= 4 is 23.3 Å². The Labute approximate surface area is 132 Å². The van der Waals surface area contributed by atoms with Crippen LogP contribution in [0.5, 0.6) is 0 Å². The van der Waals surface area contributed by atoms with Gasteiger partial charge in [0.2, 0.25) is 0 Å². The smallest absolute Gasteiger partial charge is 0.253 e. The molecular weight excluding hydrogens is 286 g/mol. The molecule has 0 bridgehead atoms. The second-order valence-electron chi connectivity index (χ2n) is 5.60. The van der Waals surface area contributed by atoms with E-state index in [2.05, 4.69) is 36.4 Å². The zero-order chi connectivity index (χ0) is 15.8. The lowest BCUT2D eigenvalue weighted by Crippen LogP contribution is -2.33. The number of hydrogen-bond donors (Lipinski definition) is 2. The van der Waals surface area contributed by atoms with Crippen LogP contribution in [0.1, 0.15) is 57.3 Å². The normalized spacial score (nSPS) is 13.6. The van der Waals surface area contributed by atoms with E-state index in [1.165, 1.54) is 0 Å². The summed E-state index contributed by atoms with van der Waals surface area (Å²) in [6.45, 7) is 9.25. The molecule has 2 unspecified atom stereocenters. The van der Waals surface area contributed by atoms with Crippen LogP contribution in [0, 0.1) is 5.92 Å². The first-order valence-corrected chi connectivity index (χ1v) is 8.05. The molecule has 21 heavy (non-hydrogen) atoms. The fraction of sp³-hybridized carbons (Fsp3) is 0.625. The lowest BCUT2D eigenvalue weighted by molar-refractivity contribution is 0.0935. The van der Waals surface area contributed by atoms with Gasteiger partial charge in [-0.15, -0.1) is 0 Å². The Morgan fingerprint density at radius 2 is 2.10 bits per heavy atom. The second kappa shape index (κ2) is 8.88. The molecule has 0 saturated heterocycles. The fourth-order valence-electron chi connectivity index (χ4n) is 2.07. The van der Waals surface area contributed by atoms with Crippen molar-refractivity contribution in [1.29, 1.82) is 0 Å². The van der Waals surface area contributed by atoms with Crippen molar-refractivity contribution in [3.05, 3.63) is 22.8 Å². The van der Waals surface area contributed by atoms with E-state index in [1.807, 2.05) is 6.92 Å². The van der Waals surface area contributed by atoms with Crippen molar-refractivity contribution in [2.75, 3.05) is 11.9 Å². The Hall–Kier alpha value is -1.29. The number of aromatic nitrogens is 1. The van der Waals surface area contributed by atoms with Crippen LogP contribution < -0.4 is 10.6 Å². The maximum absolute atomic E-state index is 12.2. The first-order valence-electron chi connectivity index (χ1n) is 7.68. The van der Waals surface area contributed by atoms with Crippen molar-refractivity contribution in [1.82, 2.24) is 10.3 Å². The number of hydrogen-bond acceptors (Lipinski definition) is 3. The minimum absolute atomic E-state index is 0.123. The van der Waals surface area contributed by atoms with Crippen molar-refractivity contribution in [2.45, 2.75) is 53.0 Å². The van der Waals surface area contributed by atoms with E-state index in [0.717, 1.165) is 25.8 Å². The average Bonchev–Trinajstić information content (AvgIpc) is 2.45. The van der Waals surface area contributed by atoms with E-state index in [-0.39, 0.29) is 11.9 Å². The molecule has 1 heterocycles. The van der Waals surface area contributed by atoms with Crippen molar-refractivity contribution in [2.24, 2.45) is 5.92 Å². The summed E-state index contributed by atoms with van der Waals surface area (Å²) in [5.74, 6) is 1.10. The maximum atomic E-state index is 12.2. The number of carbonyl (C=O) groups is 1. The van der Waals surface area contributed by atoms with E-state index in [0.29, 0.717) is 22.3 Å². The highest BCUT2D eigenvalue weighted by Crippen LogP contribution is 2.20. The molecule has 0 spiro atoms. The number of nitrogens with zero attached hydrogens (tertiary/aromatic N) is 1. The molecule has 0 fully saturated rings. The SMILES string of the molecule is CCCNc1ncc(C(=O)NC(C)CC(C)CC)cc1Cl. The van der Waals surface area contributed by atoms with Gasteiger partial charge in [0.15, 0.2) is 0 Å². The van der Waals surface area contributed by atoms with Crippen LogP contribution in [0.15, 0.2) is 12.3 Å². The molecular formula is C16H26ClN3O. The molecule has 0 aromatic carbocycles. The van der Waals surface area contributed by atoms with Crippen LogP contribution in [-0.4, -0.2) is 23.5 Å². The van der Waals surface area contributed by atoms with Crippen molar-refractivity contribution in [3.63, 3.8) is 0 Å². The second-order valence-corrected chi connectivity index (χ2v) is 6.01. The van der Waals surface area contributed by atoms with Gasteiger partial charge in [0, 0.05) is 18.8 Å². The van der Waals surface area contributed by atoms with Gasteiger partial charge in [0.25, 0.3) is 5.91 Å². The van der Waals surface area contributed by atoms with Crippen molar-refractivity contribution < 1.29 is 4.79 Å². The number of halogens is 1. The maximum Gasteiger partial charge on any atom is 0.253 e. The molecule has 0 aliphatic heterocycles. The Morgan fingerprint density at radius 1 is 1.38 bits per heavy atom. The first-order chi connectivity index (χ1) is 9.97. The van der Waals surface area contributed by atoms with E-state index < -0.39 is 0 Å². The summed E-state index contributed by atoms with van der Waals surface area (Å²) >= 11 is 6.15. The molecule has 5 heteroatoms. The zero-order valence-corrected chi connectivity index (χ0v) is 14.1. The average molecular weight is 312 g/mol. The summed E-state index contributed by atoms with van der Waals surface area (Å²) in [5.41, 5.74) is 0.498. The molecule has 0 saturated carbocycles. The lowest BCUT2D eigenvalue weighted by atomic mass is 10.0. The monoisotopic (exact) mass is 311 g/mol. The third-order valence-corrected chi connectivity index (χ3v) is 3.76. The molecule has 2 atom stereocenters. The summed E-state index contributed by atoms with van der Waals surface area (Å²) in [4.78, 5) is 16.4. The van der Waals surface area contributed by atoms with E-state index in [1.54, 1.807) is 12.3 Å². The van der Waals surface area contributed by atoms with Gasteiger partial charge >= 0.3 is 0 Å². The van der Waals surface area contributed by atoms with E-state index in [4.69, 9.17) is 11.6 Å². The number of amides is 1. The Kier molecular flexibility index (Phi) is 7.51. The van der Waals surface area contributed by atoms with Gasteiger partial charge in [0.1, 0.15) is 5.82 Å². The number of rotatable bonds is 8. The molecule has 118 valence electrons. The summed E-state index contributed by atoms with van der Waals surface area (Å²) in [5, 5.41) is 6.60. The molecule has 0 aliphatic carbocycles. The van der Waals surface area contributed by atoms with Crippen LogP contribution in [0.25, 0.3) is 0 Å². The number of anilines is 1.